The van der Waals surface area contributed by atoms with Gasteiger partial charge in [0.25, 0.3) is 0 Å². The second-order valence-corrected chi connectivity index (χ2v) is 8.75. The summed E-state index contributed by atoms with van der Waals surface area (Å²) in [6.45, 7) is 0. The van der Waals surface area contributed by atoms with E-state index in [0.717, 1.165) is 16.2 Å². The van der Waals surface area contributed by atoms with Crippen molar-refractivity contribution in [3.05, 3.63) is 120 Å². The summed E-state index contributed by atoms with van der Waals surface area (Å²) in [5, 5.41) is 15.7. The summed E-state index contributed by atoms with van der Waals surface area (Å²) in [6.07, 6.45) is 1.65. The molecule has 1 N–H and O–H groups in total. The maximum absolute atomic E-state index is 11.5. The van der Waals surface area contributed by atoms with E-state index in [1.807, 2.05) is 78.9 Å². The molecule has 0 unspecified atom stereocenters. The molecular weight excluding hydrogens is 470 g/mol. The van der Waals surface area contributed by atoms with Crippen LogP contribution in [0.1, 0.15) is 0 Å². The van der Waals surface area contributed by atoms with Crippen molar-refractivity contribution in [2.45, 2.75) is 0 Å². The highest BCUT2D eigenvalue weighted by atomic mass is 35.5. The van der Waals surface area contributed by atoms with Crippen LogP contribution in [-0.2, 0) is 0 Å². The number of fused-ring (bicyclic) bond motifs is 2. The van der Waals surface area contributed by atoms with Crippen molar-refractivity contribution in [2.24, 2.45) is 0 Å². The fourth-order valence-electron chi connectivity index (χ4n) is 4.32. The lowest BCUT2D eigenvalue weighted by Crippen LogP contribution is -1.95. The van der Waals surface area contributed by atoms with Crippen molar-refractivity contribution in [1.29, 1.82) is 0 Å². The van der Waals surface area contributed by atoms with E-state index in [4.69, 9.17) is 21.1 Å². The number of rotatable bonds is 5. The molecule has 0 fully saturated rings. The lowest BCUT2D eigenvalue weighted by atomic mass is 9.98. The Morgan fingerprint density at radius 3 is 2.19 bits per heavy atom. The second-order valence-electron chi connectivity index (χ2n) is 8.31. The topological polar surface area (TPSA) is 51.6 Å². The first-order valence-corrected chi connectivity index (χ1v) is 11.8. The van der Waals surface area contributed by atoms with Gasteiger partial charge in [0.2, 0.25) is 5.88 Å². The number of ether oxygens (including phenoxy) is 2. The average Bonchev–Trinajstić information content (AvgIpc) is 2.91. The summed E-state index contributed by atoms with van der Waals surface area (Å²) in [4.78, 5) is 4.47. The average molecular weight is 490 g/mol. The Kier molecular flexibility index (Phi) is 5.64. The molecule has 0 atom stereocenters. The molecule has 0 saturated heterocycles. The molecule has 0 amide bonds. The van der Waals surface area contributed by atoms with Crippen molar-refractivity contribution in [2.75, 3.05) is 0 Å². The van der Waals surface area contributed by atoms with Crippen LogP contribution in [0.4, 0.5) is 0 Å². The highest BCUT2D eigenvalue weighted by Gasteiger charge is 2.21. The third-order valence-corrected chi connectivity index (χ3v) is 6.28. The van der Waals surface area contributed by atoms with Gasteiger partial charge in [-0.15, -0.1) is 0 Å². The van der Waals surface area contributed by atoms with E-state index in [1.54, 1.807) is 36.5 Å². The van der Waals surface area contributed by atoms with Crippen LogP contribution in [0.3, 0.4) is 0 Å². The summed E-state index contributed by atoms with van der Waals surface area (Å²) in [5.41, 5.74) is 1.10. The molecule has 0 aliphatic carbocycles. The molecule has 5 heteroatoms. The maximum Gasteiger partial charge on any atom is 0.227 e. The first kappa shape index (κ1) is 22.0. The number of halogens is 1. The van der Waals surface area contributed by atoms with Gasteiger partial charge in [-0.3, -0.25) is 0 Å². The van der Waals surface area contributed by atoms with E-state index < -0.39 is 0 Å². The van der Waals surface area contributed by atoms with Crippen molar-refractivity contribution >= 4 is 33.1 Å². The second kappa shape index (κ2) is 9.25. The van der Waals surface area contributed by atoms with E-state index >= 15 is 0 Å². The van der Waals surface area contributed by atoms with Gasteiger partial charge in [-0.1, -0.05) is 72.3 Å². The van der Waals surface area contributed by atoms with Crippen LogP contribution in [0, 0.1) is 0 Å². The minimum atomic E-state index is 0.0947. The minimum absolute atomic E-state index is 0.0947. The van der Waals surface area contributed by atoms with Crippen LogP contribution in [-0.4, -0.2) is 10.1 Å². The largest absolute Gasteiger partial charge is 0.507 e. The maximum atomic E-state index is 11.5. The smallest absolute Gasteiger partial charge is 0.227 e. The van der Waals surface area contributed by atoms with Crippen LogP contribution < -0.4 is 9.47 Å². The predicted molar refractivity (Wildman–Crippen MR) is 144 cm³/mol. The van der Waals surface area contributed by atoms with Crippen molar-refractivity contribution in [1.82, 2.24) is 4.98 Å². The molecule has 0 spiro atoms. The number of phenolic OH excluding ortho intramolecular Hbond substituents is 1. The van der Waals surface area contributed by atoms with Crippen molar-refractivity contribution < 1.29 is 14.6 Å². The van der Waals surface area contributed by atoms with Gasteiger partial charge in [0.1, 0.15) is 23.0 Å². The fraction of sp³-hybridized carbons (Fsp3) is 0. The molecule has 1 aromatic heterocycles. The molecule has 0 radical (unpaired) electrons. The van der Waals surface area contributed by atoms with E-state index in [0.29, 0.717) is 44.7 Å². The predicted octanol–water partition coefficient (Wildman–Crippen LogP) is 9.00. The highest BCUT2D eigenvalue weighted by Crippen LogP contribution is 2.48. The summed E-state index contributed by atoms with van der Waals surface area (Å²) in [5.74, 6) is 2.20. The van der Waals surface area contributed by atoms with Crippen LogP contribution in [0.5, 0.6) is 28.9 Å². The third-order valence-electron chi connectivity index (χ3n) is 6.02. The zero-order valence-corrected chi connectivity index (χ0v) is 19.8. The van der Waals surface area contributed by atoms with Gasteiger partial charge in [-0.2, -0.15) is 0 Å². The van der Waals surface area contributed by atoms with Gasteiger partial charge >= 0.3 is 0 Å². The van der Waals surface area contributed by atoms with Crippen molar-refractivity contribution in [3.8, 4) is 40.0 Å². The Bertz CT molecular complexity index is 1710. The molecule has 1 heterocycles. The van der Waals surface area contributed by atoms with E-state index in [-0.39, 0.29) is 5.75 Å². The molecule has 0 aliphatic heterocycles. The SMILES string of the molecule is Oc1c(-c2cccnc2Oc2ccc(Cl)cc2)c(Oc2cccc3ccccc23)cc2ccccc12. The molecular formula is C31H20ClNO3. The standard InChI is InChI=1S/C31H20ClNO3/c32-22-14-16-23(17-15-22)35-31-26(12-6-18-33-31)29-28(19-21-8-2-4-11-25(21)30(29)34)36-27-13-5-9-20-7-1-3-10-24(20)27/h1-19,34H. The molecule has 0 aliphatic rings. The van der Waals surface area contributed by atoms with Crippen LogP contribution in [0.2, 0.25) is 5.02 Å². The first-order valence-electron chi connectivity index (χ1n) is 11.5. The van der Waals surface area contributed by atoms with Crippen LogP contribution in [0.15, 0.2) is 115 Å². The number of hydrogen-bond acceptors (Lipinski definition) is 4. The summed E-state index contributed by atoms with van der Waals surface area (Å²) >= 11 is 6.04. The Labute approximate surface area is 213 Å². The Morgan fingerprint density at radius 2 is 1.36 bits per heavy atom. The summed E-state index contributed by atoms with van der Waals surface area (Å²) in [7, 11) is 0. The van der Waals surface area contributed by atoms with Gasteiger partial charge in [0, 0.05) is 22.0 Å². The van der Waals surface area contributed by atoms with Gasteiger partial charge in [0.15, 0.2) is 0 Å². The fourth-order valence-corrected chi connectivity index (χ4v) is 4.45. The number of pyridine rings is 1. The number of nitrogens with zero attached hydrogens (tertiary/aromatic N) is 1. The molecule has 6 rings (SSSR count). The highest BCUT2D eigenvalue weighted by molar-refractivity contribution is 6.30. The summed E-state index contributed by atoms with van der Waals surface area (Å²) < 4.78 is 12.7. The van der Waals surface area contributed by atoms with Crippen LogP contribution >= 0.6 is 11.6 Å². The quantitative estimate of drug-likeness (QED) is 0.262. The molecule has 174 valence electrons. The number of phenols is 1. The number of hydrogen-bond donors (Lipinski definition) is 1. The number of aromatic hydroxyl groups is 1. The molecule has 6 aromatic rings. The van der Waals surface area contributed by atoms with E-state index in [1.165, 1.54) is 0 Å². The molecule has 0 bridgehead atoms. The Balaban J connectivity index is 1.55. The van der Waals surface area contributed by atoms with Gasteiger partial charge in [-0.25, -0.2) is 4.98 Å². The molecule has 0 saturated carbocycles. The Morgan fingerprint density at radius 1 is 0.639 bits per heavy atom. The normalized spacial score (nSPS) is 11.0. The van der Waals surface area contributed by atoms with Crippen LogP contribution in [0.25, 0.3) is 32.7 Å². The zero-order valence-electron chi connectivity index (χ0n) is 19.1. The molecule has 36 heavy (non-hydrogen) atoms. The lowest BCUT2D eigenvalue weighted by Gasteiger charge is -2.18. The lowest BCUT2D eigenvalue weighted by molar-refractivity contribution is 0.455. The van der Waals surface area contributed by atoms with Gasteiger partial charge < -0.3 is 14.6 Å². The van der Waals surface area contributed by atoms with Gasteiger partial charge in [-0.05, 0) is 59.3 Å². The zero-order chi connectivity index (χ0) is 24.5. The third kappa shape index (κ3) is 4.08. The first-order chi connectivity index (χ1) is 17.7. The van der Waals surface area contributed by atoms with Crippen molar-refractivity contribution in [3.63, 3.8) is 0 Å². The number of aromatic nitrogens is 1. The monoisotopic (exact) mass is 489 g/mol. The van der Waals surface area contributed by atoms with E-state index in [9.17, 15) is 5.11 Å². The molecule has 5 aromatic carbocycles. The summed E-state index contributed by atoms with van der Waals surface area (Å²) in [6, 6.07) is 34.3. The molecule has 4 nitrogen and oxygen atoms in total. The Hall–Kier alpha value is -4.54. The van der Waals surface area contributed by atoms with E-state index in [2.05, 4.69) is 4.98 Å². The minimum Gasteiger partial charge on any atom is -0.507 e. The van der Waals surface area contributed by atoms with Gasteiger partial charge in [0.05, 0.1) is 11.1 Å². The number of benzene rings is 5.